The third-order valence-corrected chi connectivity index (χ3v) is 6.60. The smallest absolute Gasteiger partial charge is 0.416 e. The van der Waals surface area contributed by atoms with E-state index in [2.05, 4.69) is 10.6 Å². The molecule has 2 aromatic rings. The lowest BCUT2D eigenvalue weighted by Crippen LogP contribution is -2.41. The fraction of sp³-hybridized carbons (Fsp3) is 0.346. The fourth-order valence-electron chi connectivity index (χ4n) is 4.43. The first kappa shape index (κ1) is 28.2. The van der Waals surface area contributed by atoms with Crippen molar-refractivity contribution < 1.29 is 27.4 Å². The van der Waals surface area contributed by atoms with Gasteiger partial charge in [-0.1, -0.05) is 11.6 Å². The third-order valence-electron chi connectivity index (χ3n) is 6.37. The quantitative estimate of drug-likeness (QED) is 0.403. The Hall–Kier alpha value is -3.77. The van der Waals surface area contributed by atoms with Gasteiger partial charge in [-0.25, -0.2) is 0 Å². The topological polar surface area (TPSA) is 118 Å². The lowest BCUT2D eigenvalue weighted by Gasteiger charge is -2.33. The molecule has 0 aliphatic carbocycles. The highest BCUT2D eigenvalue weighted by atomic mass is 35.5. The SMILES string of the molecule is COc1cc(C(=O)N2CCOCC2)ccc1N/C(N)=C/C1=C(N)NCCN1Cc1cc(Cl)ccc1C(F)(F)F. The summed E-state index contributed by atoms with van der Waals surface area (Å²) in [5, 5.41) is 6.24. The highest BCUT2D eigenvalue weighted by Crippen LogP contribution is 2.35. The first-order chi connectivity index (χ1) is 18.6. The Morgan fingerprint density at radius 2 is 1.95 bits per heavy atom. The first-order valence-corrected chi connectivity index (χ1v) is 12.6. The number of nitrogens with two attached hydrogens (primary N) is 2. The summed E-state index contributed by atoms with van der Waals surface area (Å²) in [6.45, 7) is 2.73. The number of hydrogen-bond donors (Lipinski definition) is 4. The highest BCUT2D eigenvalue weighted by Gasteiger charge is 2.34. The number of hydrogen-bond acceptors (Lipinski definition) is 8. The number of halogens is 4. The van der Waals surface area contributed by atoms with Gasteiger partial charge in [0, 0.05) is 49.4 Å². The molecular weight excluding hydrogens is 537 g/mol. The lowest BCUT2D eigenvalue weighted by atomic mass is 10.1. The molecule has 0 radical (unpaired) electrons. The number of ether oxygens (including phenoxy) is 2. The summed E-state index contributed by atoms with van der Waals surface area (Å²) in [4.78, 5) is 16.2. The molecule has 6 N–H and O–H groups in total. The Balaban J connectivity index is 1.55. The molecule has 1 saturated heterocycles. The number of methoxy groups -OCH3 is 1. The Morgan fingerprint density at radius 3 is 2.64 bits per heavy atom. The molecule has 2 heterocycles. The van der Waals surface area contributed by atoms with Crippen LogP contribution in [-0.2, 0) is 17.5 Å². The molecule has 0 atom stereocenters. The Kier molecular flexibility index (Phi) is 8.66. The number of alkyl halides is 3. The van der Waals surface area contributed by atoms with Gasteiger partial charge < -0.3 is 41.4 Å². The maximum atomic E-state index is 13.6. The molecule has 4 rings (SSSR count). The van der Waals surface area contributed by atoms with Gasteiger partial charge in [-0.05, 0) is 42.0 Å². The van der Waals surface area contributed by atoms with E-state index in [1.807, 2.05) is 0 Å². The van der Waals surface area contributed by atoms with E-state index in [0.717, 1.165) is 6.07 Å². The van der Waals surface area contributed by atoms with E-state index in [1.165, 1.54) is 25.3 Å². The minimum Gasteiger partial charge on any atom is -0.495 e. The molecule has 2 aromatic carbocycles. The normalized spacial score (nSPS) is 16.7. The number of amides is 1. The van der Waals surface area contributed by atoms with Crippen LogP contribution in [0.4, 0.5) is 18.9 Å². The number of nitrogens with one attached hydrogen (secondary N) is 2. The Labute approximate surface area is 229 Å². The van der Waals surface area contributed by atoms with Crippen LogP contribution in [0, 0.1) is 0 Å². The Bertz CT molecular complexity index is 1280. The molecule has 13 heteroatoms. The van der Waals surface area contributed by atoms with Gasteiger partial charge in [0.25, 0.3) is 5.91 Å². The van der Waals surface area contributed by atoms with Crippen molar-refractivity contribution in [3.8, 4) is 5.75 Å². The number of carbonyl (C=O) groups excluding carboxylic acids is 1. The van der Waals surface area contributed by atoms with Crippen LogP contribution in [-0.4, -0.2) is 62.2 Å². The van der Waals surface area contributed by atoms with Crippen LogP contribution in [0.1, 0.15) is 21.5 Å². The molecule has 0 spiro atoms. The second-order valence-corrected chi connectivity index (χ2v) is 9.43. The van der Waals surface area contributed by atoms with Crippen molar-refractivity contribution in [2.24, 2.45) is 11.5 Å². The molecule has 1 fully saturated rings. The predicted molar refractivity (Wildman–Crippen MR) is 142 cm³/mol. The van der Waals surface area contributed by atoms with E-state index in [9.17, 15) is 18.0 Å². The van der Waals surface area contributed by atoms with Crippen molar-refractivity contribution in [3.05, 3.63) is 81.5 Å². The van der Waals surface area contributed by atoms with Crippen LogP contribution in [0.5, 0.6) is 5.75 Å². The predicted octanol–water partition coefficient (Wildman–Crippen LogP) is 3.29. The molecular formula is C26H30ClF3N6O3. The largest absolute Gasteiger partial charge is 0.495 e. The van der Waals surface area contributed by atoms with Crippen molar-refractivity contribution >= 4 is 23.2 Å². The van der Waals surface area contributed by atoms with E-state index in [1.54, 1.807) is 28.0 Å². The fourth-order valence-corrected chi connectivity index (χ4v) is 4.63. The average Bonchev–Trinajstić information content (AvgIpc) is 2.90. The molecule has 2 aliphatic heterocycles. The number of nitrogens with zero attached hydrogens (tertiary/aromatic N) is 2. The second-order valence-electron chi connectivity index (χ2n) is 8.99. The monoisotopic (exact) mass is 566 g/mol. The molecule has 9 nitrogen and oxygen atoms in total. The van der Waals surface area contributed by atoms with Gasteiger partial charge in [-0.3, -0.25) is 4.79 Å². The van der Waals surface area contributed by atoms with Crippen molar-refractivity contribution in [2.75, 3.05) is 51.8 Å². The zero-order chi connectivity index (χ0) is 28.2. The van der Waals surface area contributed by atoms with Crippen LogP contribution in [0.25, 0.3) is 0 Å². The first-order valence-electron chi connectivity index (χ1n) is 12.2. The van der Waals surface area contributed by atoms with Gasteiger partial charge in [0.15, 0.2) is 0 Å². The zero-order valence-electron chi connectivity index (χ0n) is 21.3. The number of allylic oxidation sites excluding steroid dienone is 1. The molecule has 1 amide bonds. The maximum absolute atomic E-state index is 13.6. The summed E-state index contributed by atoms with van der Waals surface area (Å²) in [6.07, 6.45) is -3.00. The van der Waals surface area contributed by atoms with Crippen molar-refractivity contribution in [2.45, 2.75) is 12.7 Å². The maximum Gasteiger partial charge on any atom is 0.416 e. The summed E-state index contributed by atoms with van der Waals surface area (Å²) in [5.74, 6) is 0.682. The number of carbonyl (C=O) groups is 1. The summed E-state index contributed by atoms with van der Waals surface area (Å²) in [5.41, 5.74) is 13.1. The van der Waals surface area contributed by atoms with Gasteiger partial charge in [-0.15, -0.1) is 0 Å². The van der Waals surface area contributed by atoms with Crippen molar-refractivity contribution in [1.29, 1.82) is 0 Å². The molecule has 0 unspecified atom stereocenters. The van der Waals surface area contributed by atoms with Crippen LogP contribution in [0.3, 0.4) is 0 Å². The minimum atomic E-state index is -4.54. The van der Waals surface area contributed by atoms with Crippen molar-refractivity contribution in [3.63, 3.8) is 0 Å². The van der Waals surface area contributed by atoms with E-state index in [4.69, 9.17) is 32.5 Å². The number of benzene rings is 2. The van der Waals surface area contributed by atoms with E-state index >= 15 is 0 Å². The zero-order valence-corrected chi connectivity index (χ0v) is 22.0. The van der Waals surface area contributed by atoms with Crippen LogP contribution in [0.2, 0.25) is 5.02 Å². The van der Waals surface area contributed by atoms with Gasteiger partial charge in [0.2, 0.25) is 0 Å². The van der Waals surface area contributed by atoms with Gasteiger partial charge in [0.05, 0.1) is 37.3 Å². The van der Waals surface area contributed by atoms with E-state index in [0.29, 0.717) is 62.1 Å². The molecule has 2 aliphatic rings. The molecule has 210 valence electrons. The lowest BCUT2D eigenvalue weighted by molar-refractivity contribution is -0.138. The van der Waals surface area contributed by atoms with Crippen LogP contribution < -0.4 is 26.8 Å². The summed E-state index contributed by atoms with van der Waals surface area (Å²) in [6, 6.07) is 8.44. The van der Waals surface area contributed by atoms with Crippen molar-refractivity contribution in [1.82, 2.24) is 15.1 Å². The molecule has 0 saturated carbocycles. The molecule has 39 heavy (non-hydrogen) atoms. The van der Waals surface area contributed by atoms with E-state index < -0.39 is 11.7 Å². The second kappa shape index (κ2) is 12.0. The number of morpholine rings is 1. The average molecular weight is 567 g/mol. The highest BCUT2D eigenvalue weighted by molar-refractivity contribution is 6.30. The third kappa shape index (κ3) is 6.82. The molecule has 0 bridgehead atoms. The van der Waals surface area contributed by atoms with Gasteiger partial charge >= 0.3 is 6.18 Å². The van der Waals surface area contributed by atoms with E-state index in [-0.39, 0.29) is 34.7 Å². The van der Waals surface area contributed by atoms with Crippen LogP contribution in [0.15, 0.2) is 59.8 Å². The van der Waals surface area contributed by atoms with Gasteiger partial charge in [0.1, 0.15) is 17.4 Å². The molecule has 0 aromatic heterocycles. The summed E-state index contributed by atoms with van der Waals surface area (Å²) < 4.78 is 51.6. The number of anilines is 1. The summed E-state index contributed by atoms with van der Waals surface area (Å²) >= 11 is 6.01. The standard InChI is InChI=1S/C26H30ClF3N6O3/c1-38-22-13-16(25(37)35-8-10-39-11-9-35)2-5-20(22)34-23(31)14-21-24(32)33-6-7-36(21)15-17-12-18(27)3-4-19(17)26(28,29)30/h2-5,12-14,33-34H,6-11,15,31-32H2,1H3/b23-14+. The minimum absolute atomic E-state index is 0.0179. The summed E-state index contributed by atoms with van der Waals surface area (Å²) in [7, 11) is 1.47. The van der Waals surface area contributed by atoms with Crippen LogP contribution >= 0.6 is 11.6 Å². The van der Waals surface area contributed by atoms with Gasteiger partial charge in [-0.2, -0.15) is 13.2 Å². The Morgan fingerprint density at radius 1 is 1.21 bits per heavy atom. The number of rotatable bonds is 7.